The van der Waals surface area contributed by atoms with Gasteiger partial charge in [0.2, 0.25) is 0 Å². The number of H-pyrrole nitrogens is 1. The summed E-state index contributed by atoms with van der Waals surface area (Å²) < 4.78 is 18.4. The van der Waals surface area contributed by atoms with Crippen molar-refractivity contribution in [1.82, 2.24) is 15.2 Å². The molecule has 58 heavy (non-hydrogen) atoms. The first-order chi connectivity index (χ1) is 28.1. The number of amides is 1. The Labute approximate surface area is 343 Å². The van der Waals surface area contributed by atoms with Gasteiger partial charge in [0.1, 0.15) is 35.7 Å². The summed E-state index contributed by atoms with van der Waals surface area (Å²) >= 11 is 0. The third-order valence-corrected chi connectivity index (χ3v) is 16.0. The lowest BCUT2D eigenvalue weighted by atomic mass is 10.0. The highest BCUT2D eigenvalue weighted by Crippen LogP contribution is 2.38. The predicted molar refractivity (Wildman–Crippen MR) is 237 cm³/mol. The second-order valence-corrected chi connectivity index (χ2v) is 20.4. The first-order valence-corrected chi connectivity index (χ1v) is 22.3. The van der Waals surface area contributed by atoms with E-state index < -0.39 is 14.4 Å². The number of nitrogens with zero attached hydrogens (tertiary/aromatic N) is 1. The van der Waals surface area contributed by atoms with Crippen molar-refractivity contribution in [2.75, 3.05) is 45.2 Å². The molecular weight excluding hydrogens is 741 g/mol. The van der Waals surface area contributed by atoms with E-state index in [-0.39, 0.29) is 17.6 Å². The Balaban J connectivity index is 0.820. The Morgan fingerprint density at radius 1 is 0.828 bits per heavy atom. The van der Waals surface area contributed by atoms with Gasteiger partial charge >= 0.3 is 8.32 Å². The molecule has 1 fully saturated rings. The van der Waals surface area contributed by atoms with Crippen LogP contribution in [-0.4, -0.2) is 81.3 Å². The van der Waals surface area contributed by atoms with Gasteiger partial charge in [0, 0.05) is 42.3 Å². The van der Waals surface area contributed by atoms with Gasteiger partial charge in [-0.3, -0.25) is 4.79 Å². The van der Waals surface area contributed by atoms with Crippen molar-refractivity contribution in [3.63, 3.8) is 0 Å². The van der Waals surface area contributed by atoms with Crippen molar-refractivity contribution in [2.45, 2.75) is 57.2 Å². The molecule has 1 amide bonds. The molecule has 6 aromatic rings. The lowest BCUT2D eigenvalue weighted by molar-refractivity contribution is 0.0713. The molecule has 0 spiro atoms. The van der Waals surface area contributed by atoms with Crippen LogP contribution in [0.5, 0.6) is 17.2 Å². The Morgan fingerprint density at radius 2 is 1.45 bits per heavy atom. The fourth-order valence-electron chi connectivity index (χ4n) is 7.94. The Morgan fingerprint density at radius 3 is 2.07 bits per heavy atom. The van der Waals surface area contributed by atoms with Crippen LogP contribution in [0.15, 0.2) is 133 Å². The zero-order chi connectivity index (χ0) is 40.5. The Kier molecular flexibility index (Phi) is 12.9. The molecule has 0 radical (unpaired) electrons. The highest BCUT2D eigenvalue weighted by Gasteiger charge is 2.52. The van der Waals surface area contributed by atoms with Crippen LogP contribution < -0.4 is 34.9 Å². The van der Waals surface area contributed by atoms with Gasteiger partial charge in [0.25, 0.3) is 5.91 Å². The maximum atomic E-state index is 13.2. The van der Waals surface area contributed by atoms with Crippen LogP contribution in [0.2, 0.25) is 5.04 Å². The molecule has 0 aliphatic carbocycles. The molecule has 4 N–H and O–H groups in total. The largest absolute Gasteiger partial charge is 0.534 e. The molecule has 0 bridgehead atoms. The smallest absolute Gasteiger partial charge is 0.319 e. The van der Waals surface area contributed by atoms with E-state index in [0.717, 1.165) is 53.9 Å². The SMILES string of the molecule is COc1ccc2[nH]c(C(=O)N3CCC(Nc4ccc(CCNC[C@H](O)COc5ccc(O[Si](c6ccccc6)(c6ccccc6)C(C)(C)C)cc5)cc4)CC3)cc2c1. The van der Waals surface area contributed by atoms with Crippen LogP contribution in [0.3, 0.4) is 0 Å². The molecule has 10 heteroatoms. The van der Waals surface area contributed by atoms with Crippen LogP contribution in [0.25, 0.3) is 10.9 Å². The number of carbonyl (C=O) groups excluding carboxylic acids is 1. The molecule has 0 unspecified atom stereocenters. The van der Waals surface area contributed by atoms with Crippen molar-refractivity contribution in [2.24, 2.45) is 0 Å². The van der Waals surface area contributed by atoms with Crippen LogP contribution in [0.4, 0.5) is 5.69 Å². The van der Waals surface area contributed by atoms with Crippen molar-refractivity contribution < 1.29 is 23.8 Å². The summed E-state index contributed by atoms with van der Waals surface area (Å²) in [5.41, 5.74) is 3.85. The van der Waals surface area contributed by atoms with Crippen LogP contribution in [0, 0.1) is 0 Å². The molecule has 302 valence electrons. The van der Waals surface area contributed by atoms with Crippen LogP contribution in [-0.2, 0) is 6.42 Å². The number of hydrogen-bond acceptors (Lipinski definition) is 7. The molecule has 1 aliphatic heterocycles. The number of likely N-dealkylation sites (tertiary alicyclic amines) is 1. The fraction of sp³-hybridized carbons (Fsp3) is 0.312. The van der Waals surface area contributed by atoms with E-state index in [9.17, 15) is 9.90 Å². The number of anilines is 1. The van der Waals surface area contributed by atoms with E-state index in [1.54, 1.807) is 7.11 Å². The van der Waals surface area contributed by atoms with E-state index in [0.29, 0.717) is 37.1 Å². The second kappa shape index (κ2) is 18.4. The first kappa shape index (κ1) is 40.6. The molecule has 1 saturated heterocycles. The number of ether oxygens (including phenoxy) is 2. The minimum Gasteiger partial charge on any atom is -0.534 e. The number of fused-ring (bicyclic) bond motifs is 1. The summed E-state index contributed by atoms with van der Waals surface area (Å²) in [5, 5.41) is 21.0. The van der Waals surface area contributed by atoms with E-state index in [1.165, 1.54) is 15.9 Å². The zero-order valence-electron chi connectivity index (χ0n) is 34.0. The molecule has 9 nitrogen and oxygen atoms in total. The summed E-state index contributed by atoms with van der Waals surface area (Å²) in [4.78, 5) is 18.4. The molecule has 0 saturated carbocycles. The number of carbonyl (C=O) groups is 1. The monoisotopic (exact) mass is 796 g/mol. The number of nitrogens with one attached hydrogen (secondary N) is 3. The lowest BCUT2D eigenvalue weighted by Gasteiger charge is -2.43. The average Bonchev–Trinajstić information content (AvgIpc) is 3.68. The second-order valence-electron chi connectivity index (χ2n) is 16.2. The Hall–Kier alpha value is -5.55. The molecule has 1 aliphatic rings. The number of hydrogen-bond donors (Lipinski definition) is 4. The van der Waals surface area contributed by atoms with Gasteiger partial charge in [-0.2, -0.15) is 0 Å². The van der Waals surface area contributed by atoms with Crippen molar-refractivity contribution in [3.05, 3.63) is 145 Å². The van der Waals surface area contributed by atoms with E-state index >= 15 is 0 Å². The zero-order valence-corrected chi connectivity index (χ0v) is 35.0. The molecule has 1 aromatic heterocycles. The summed E-state index contributed by atoms with van der Waals surface area (Å²) in [6, 6.07) is 45.5. The number of rotatable bonds is 16. The minimum atomic E-state index is -2.73. The highest BCUT2D eigenvalue weighted by atomic mass is 28.4. The maximum absolute atomic E-state index is 13.2. The Bertz CT molecular complexity index is 2180. The van der Waals surface area contributed by atoms with Crippen LogP contribution >= 0.6 is 0 Å². The van der Waals surface area contributed by atoms with Gasteiger partial charge in [0.15, 0.2) is 0 Å². The normalized spacial score (nSPS) is 14.3. The van der Waals surface area contributed by atoms with Gasteiger partial charge in [-0.15, -0.1) is 0 Å². The summed E-state index contributed by atoms with van der Waals surface area (Å²) in [6.07, 6.45) is 1.98. The van der Waals surface area contributed by atoms with Gasteiger partial charge in [-0.25, -0.2) is 0 Å². The van der Waals surface area contributed by atoms with Gasteiger partial charge < -0.3 is 39.5 Å². The van der Waals surface area contributed by atoms with E-state index in [1.807, 2.05) is 65.6 Å². The predicted octanol–water partition coefficient (Wildman–Crippen LogP) is 7.40. The molecule has 2 heterocycles. The number of benzene rings is 5. The average molecular weight is 797 g/mol. The van der Waals surface area contributed by atoms with Gasteiger partial charge in [-0.1, -0.05) is 93.6 Å². The lowest BCUT2D eigenvalue weighted by Crippen LogP contribution is -2.68. The standard InChI is InChI=1S/C48H56N4O5Si/c1-48(2,3)58(43-11-7-5-8-12-43,44-13-9-6-10-14-44)57-41-21-19-40(20-22-41)56-34-39(53)33-49-28-25-35-15-17-37(18-16-35)50-38-26-29-52(30-27-38)47(54)46-32-36-31-42(55-4)23-24-45(36)51-46/h5-24,31-32,38-39,49-51,53H,25-30,33-34H2,1-4H3/t39-/m0/s1. The highest BCUT2D eigenvalue weighted by molar-refractivity contribution is 7.00. The maximum Gasteiger partial charge on any atom is 0.319 e. The summed E-state index contributed by atoms with van der Waals surface area (Å²) in [5.74, 6) is 2.30. The van der Waals surface area contributed by atoms with E-state index in [2.05, 4.69) is 109 Å². The van der Waals surface area contributed by atoms with E-state index in [4.69, 9.17) is 13.9 Å². The number of aliphatic hydroxyl groups is 1. The molecule has 7 rings (SSSR count). The summed E-state index contributed by atoms with van der Waals surface area (Å²) in [6.45, 7) is 9.59. The third kappa shape index (κ3) is 9.58. The number of aliphatic hydroxyl groups excluding tert-OH is 1. The number of piperidine rings is 1. The summed E-state index contributed by atoms with van der Waals surface area (Å²) in [7, 11) is -1.08. The number of aromatic amines is 1. The fourth-order valence-corrected chi connectivity index (χ4v) is 12.4. The van der Waals surface area contributed by atoms with Gasteiger partial charge in [-0.05, 0) is 107 Å². The van der Waals surface area contributed by atoms with Crippen LogP contribution in [0.1, 0.15) is 49.7 Å². The van der Waals surface area contributed by atoms with Crippen molar-refractivity contribution in [1.29, 1.82) is 0 Å². The number of methoxy groups -OCH3 is 1. The molecule has 1 atom stereocenters. The topological polar surface area (TPSA) is 108 Å². The first-order valence-electron chi connectivity index (χ1n) is 20.3. The van der Waals surface area contributed by atoms with Gasteiger partial charge in [0.05, 0.1) is 7.11 Å². The molecule has 5 aromatic carbocycles. The quantitative estimate of drug-likeness (QED) is 0.0598. The molecular formula is C48H56N4O5Si. The third-order valence-electron chi connectivity index (χ3n) is 11.1. The van der Waals surface area contributed by atoms with Crippen molar-refractivity contribution in [3.8, 4) is 17.2 Å². The van der Waals surface area contributed by atoms with Crippen molar-refractivity contribution >= 4 is 41.2 Å². The number of aromatic nitrogens is 1. The minimum absolute atomic E-state index is 0.0372.